The van der Waals surface area contributed by atoms with Gasteiger partial charge in [-0.25, -0.2) is 0 Å². The van der Waals surface area contributed by atoms with Crippen LogP contribution in [-0.2, 0) is 30.6 Å². The van der Waals surface area contributed by atoms with E-state index in [0.29, 0.717) is 0 Å². The van der Waals surface area contributed by atoms with Crippen molar-refractivity contribution >= 4 is 30.1 Å². The second-order valence-electron chi connectivity index (χ2n) is 10.4. The molecule has 0 spiro atoms. The molecule has 0 atom stereocenters. The second-order valence-corrected chi connectivity index (χ2v) is 47.1. The van der Waals surface area contributed by atoms with Crippen LogP contribution in [-0.4, -0.2) is 43.3 Å². The predicted molar refractivity (Wildman–Crippen MR) is 139 cm³/mol. The van der Waals surface area contributed by atoms with Crippen molar-refractivity contribution in [3.05, 3.63) is 64.2 Å². The smallest absolute Gasteiger partial charge is 0.0466 e. The number of hydrogen-bond donors (Lipinski definition) is 0. The molecule has 3 fully saturated rings. The molecule has 6 heteroatoms. The molecular formula is C23H45OScSi4. The van der Waals surface area contributed by atoms with E-state index in [1.165, 1.54) is 12.8 Å². The first kappa shape index (κ1) is 32.9. The quantitative estimate of drug-likeness (QED) is 0.403. The summed E-state index contributed by atoms with van der Waals surface area (Å²) in [5.41, 5.74) is 0. The average molecular weight is 495 g/mol. The maximum Gasteiger partial charge on any atom is 0.0466 e. The maximum atomic E-state index is 4.94. The molecule has 0 bridgehead atoms. The molecule has 0 N–H and O–H groups in total. The number of hydrogen-bond acceptors (Lipinski definition) is 1. The van der Waals surface area contributed by atoms with Crippen LogP contribution in [0, 0.1) is 64.2 Å². The molecule has 12 radical (unpaired) electrons. The molecule has 0 aromatic heterocycles. The Morgan fingerprint density at radius 2 is 0.690 bits per heavy atom. The Labute approximate surface area is 208 Å². The summed E-state index contributed by atoms with van der Waals surface area (Å²) in [6.45, 7) is 25.5. The SMILES string of the molecule is C1CCOC1.C[Si](C)(C)[Si]([Si](C)(C)C)[Si](C)(C)C.[CH]1[CH][CH][CH][CH]1.[CH]1[CH][CH][CH][CH]1.[Sc]. The molecule has 29 heavy (non-hydrogen) atoms. The van der Waals surface area contributed by atoms with E-state index in [1.807, 2.05) is 64.2 Å². The third kappa shape index (κ3) is 18.9. The van der Waals surface area contributed by atoms with Gasteiger partial charge in [0.1, 0.15) is 0 Å². The van der Waals surface area contributed by atoms with Gasteiger partial charge >= 0.3 is 0 Å². The van der Waals surface area contributed by atoms with Crippen LogP contribution in [0.4, 0.5) is 0 Å². The van der Waals surface area contributed by atoms with Gasteiger partial charge in [-0.1, -0.05) is 58.9 Å². The molecule has 1 heterocycles. The number of rotatable bonds is 3. The van der Waals surface area contributed by atoms with Crippen LogP contribution >= 0.6 is 0 Å². The zero-order valence-electron chi connectivity index (χ0n) is 20.6. The molecule has 162 valence electrons. The van der Waals surface area contributed by atoms with Crippen molar-refractivity contribution in [2.45, 2.75) is 71.8 Å². The molecule has 3 aliphatic rings. The van der Waals surface area contributed by atoms with Crippen molar-refractivity contribution in [2.24, 2.45) is 0 Å². The van der Waals surface area contributed by atoms with Crippen LogP contribution in [0.25, 0.3) is 0 Å². The van der Waals surface area contributed by atoms with E-state index in [-0.39, 0.29) is 33.2 Å². The predicted octanol–water partition coefficient (Wildman–Crippen LogP) is 6.57. The van der Waals surface area contributed by atoms with Crippen LogP contribution in [0.5, 0.6) is 0 Å². The average Bonchev–Trinajstić information content (AvgIpc) is 3.30. The van der Waals surface area contributed by atoms with Gasteiger partial charge in [0.25, 0.3) is 0 Å². The van der Waals surface area contributed by atoms with Crippen LogP contribution in [0.2, 0.25) is 58.9 Å². The summed E-state index contributed by atoms with van der Waals surface area (Å²) >= 11 is 0. The van der Waals surface area contributed by atoms with E-state index in [0.717, 1.165) is 13.2 Å². The Balaban J connectivity index is 0. The minimum atomic E-state index is -0.832. The maximum absolute atomic E-state index is 4.94. The zero-order chi connectivity index (χ0) is 21.7. The molecular weight excluding hydrogens is 450 g/mol. The van der Waals surface area contributed by atoms with E-state index in [1.54, 1.807) is 0 Å². The standard InChI is InChI=1S/C9H27Si4.2C5H5.C4H8O.Sc/c1-11(2,3)10(12(4,5)6)13(7,8)9;3*1-2-4-5-3-1;/h1-9H3;2*1-5H;1-4H2;. The van der Waals surface area contributed by atoms with Gasteiger partial charge in [0.2, 0.25) is 0 Å². The Hall–Kier alpha value is 1.70. The Morgan fingerprint density at radius 1 is 0.483 bits per heavy atom. The van der Waals surface area contributed by atoms with Crippen molar-refractivity contribution in [2.75, 3.05) is 13.2 Å². The van der Waals surface area contributed by atoms with Crippen LogP contribution in [0.1, 0.15) is 12.8 Å². The Kier molecular flexibility index (Phi) is 19.5. The molecule has 0 amide bonds. The third-order valence-electron chi connectivity index (χ3n) is 4.19. The summed E-state index contributed by atoms with van der Waals surface area (Å²) in [6.07, 6.45) is 22.6. The molecule has 0 aromatic rings. The van der Waals surface area contributed by atoms with Gasteiger partial charge in [-0.3, -0.25) is 0 Å². The molecule has 1 aliphatic heterocycles. The third-order valence-corrected chi connectivity index (χ3v) is 62.7. The van der Waals surface area contributed by atoms with Crippen LogP contribution < -0.4 is 0 Å². The van der Waals surface area contributed by atoms with E-state index in [4.69, 9.17) is 4.74 Å². The first-order valence-corrected chi connectivity index (χ1v) is 25.7. The summed E-state index contributed by atoms with van der Waals surface area (Å²) < 4.78 is 4.94. The van der Waals surface area contributed by atoms with Crippen molar-refractivity contribution in [1.82, 2.24) is 0 Å². The van der Waals surface area contributed by atoms with Gasteiger partial charge in [0.05, 0.1) is 0 Å². The first-order valence-electron chi connectivity index (χ1n) is 10.7. The van der Waals surface area contributed by atoms with Gasteiger partial charge in [-0.05, 0) is 77.0 Å². The van der Waals surface area contributed by atoms with E-state index < -0.39 is 22.8 Å². The Bertz CT molecular complexity index is 281. The Morgan fingerprint density at radius 3 is 0.759 bits per heavy atom. The van der Waals surface area contributed by atoms with Crippen molar-refractivity contribution in [3.63, 3.8) is 0 Å². The second kappa shape index (κ2) is 17.2. The first-order chi connectivity index (χ1) is 12.9. The molecule has 1 nitrogen and oxygen atoms in total. The molecule has 1 saturated heterocycles. The summed E-state index contributed by atoms with van der Waals surface area (Å²) in [7, 11) is -2.47. The fourth-order valence-corrected chi connectivity index (χ4v) is 92.3. The summed E-state index contributed by atoms with van der Waals surface area (Å²) in [4.78, 5) is 0. The molecule has 2 aliphatic carbocycles. The van der Waals surface area contributed by atoms with E-state index in [9.17, 15) is 0 Å². The van der Waals surface area contributed by atoms with Gasteiger partial charge in [0.15, 0.2) is 0 Å². The molecule has 3 rings (SSSR count). The fraction of sp³-hybridized carbons (Fsp3) is 0.565. The van der Waals surface area contributed by atoms with E-state index >= 15 is 0 Å². The molecule has 0 aromatic carbocycles. The molecule has 0 unspecified atom stereocenters. The van der Waals surface area contributed by atoms with Crippen molar-refractivity contribution in [3.8, 4) is 0 Å². The normalized spacial score (nSPS) is 19.2. The summed E-state index contributed by atoms with van der Waals surface area (Å²) in [5, 5.41) is 0. The van der Waals surface area contributed by atoms with Crippen LogP contribution in [0.15, 0.2) is 0 Å². The largest absolute Gasteiger partial charge is 0.381 e. The fourth-order valence-electron chi connectivity index (χ4n) is 4.53. The summed E-state index contributed by atoms with van der Waals surface area (Å²) in [6, 6.07) is 0. The number of ether oxygens (including phenoxy) is 1. The zero-order valence-corrected chi connectivity index (χ0v) is 26.4. The van der Waals surface area contributed by atoms with Gasteiger partial charge in [-0.15, -0.1) is 0 Å². The van der Waals surface area contributed by atoms with Gasteiger partial charge in [0, 0.05) is 69.2 Å². The van der Waals surface area contributed by atoms with E-state index in [2.05, 4.69) is 58.9 Å². The monoisotopic (exact) mass is 494 g/mol. The minimum absolute atomic E-state index is 0. The van der Waals surface area contributed by atoms with Crippen LogP contribution in [0.3, 0.4) is 0 Å². The van der Waals surface area contributed by atoms with Gasteiger partial charge in [-0.2, -0.15) is 0 Å². The summed E-state index contributed by atoms with van der Waals surface area (Å²) in [5.74, 6) is 0. The topological polar surface area (TPSA) is 9.23 Å². The van der Waals surface area contributed by atoms with Gasteiger partial charge < -0.3 is 4.74 Å². The minimum Gasteiger partial charge on any atom is -0.381 e. The van der Waals surface area contributed by atoms with Crippen molar-refractivity contribution in [1.29, 1.82) is 0 Å². The van der Waals surface area contributed by atoms with Crippen molar-refractivity contribution < 1.29 is 30.6 Å². The molecule has 2 saturated carbocycles.